The van der Waals surface area contributed by atoms with Gasteiger partial charge in [-0.15, -0.1) is 0 Å². The summed E-state index contributed by atoms with van der Waals surface area (Å²) in [7, 11) is 1.49. The van der Waals surface area contributed by atoms with Crippen LogP contribution in [0.2, 0.25) is 0 Å². The third-order valence-electron chi connectivity index (χ3n) is 5.46. The molecule has 1 fully saturated rings. The molecule has 8 nitrogen and oxygen atoms in total. The van der Waals surface area contributed by atoms with Gasteiger partial charge in [-0.05, 0) is 36.8 Å². The highest BCUT2D eigenvalue weighted by Crippen LogP contribution is 2.44. The minimum absolute atomic E-state index is 0.0224. The number of carbonyl (C=O) groups excluding carboxylic acids is 3. The molecule has 1 saturated heterocycles. The first-order chi connectivity index (χ1) is 17.3. The number of rotatable bonds is 7. The number of halogens is 1. The fourth-order valence-electron chi connectivity index (χ4n) is 3.82. The number of aliphatic hydroxyl groups excluding tert-OH is 1. The van der Waals surface area contributed by atoms with Gasteiger partial charge in [-0.2, -0.15) is 0 Å². The summed E-state index contributed by atoms with van der Waals surface area (Å²) in [6, 6.07) is 12.6. The van der Waals surface area contributed by atoms with Gasteiger partial charge in [0.2, 0.25) is 0 Å². The number of ether oxygens (including phenoxy) is 2. The maximum absolute atomic E-state index is 13.3. The number of carbonyl (C=O) groups is 3. The molecule has 1 N–H and O–H groups in total. The molecular formula is C26H21BrN2O6S. The van der Waals surface area contributed by atoms with E-state index in [0.29, 0.717) is 22.6 Å². The third kappa shape index (κ3) is 4.69. The normalized spacial score (nSPS) is 16.8. The lowest BCUT2D eigenvalue weighted by Crippen LogP contribution is -2.29. The molecule has 0 spiro atoms. The molecule has 1 aromatic heterocycles. The molecule has 1 aliphatic heterocycles. The molecule has 2 heterocycles. The maximum atomic E-state index is 13.3. The summed E-state index contributed by atoms with van der Waals surface area (Å²) < 4.78 is 11.1. The standard InChI is InChI=1S/C26H21BrN2O6S/c1-4-11-35-25(33)23-14(2)28-26(36-23)29-20(15-7-5-9-17(27)12-15)19(22(31)24(29)32)21(30)16-8-6-10-18(13-16)34-3/h4-10,12-13,20,30H,1,11H2,2-3H3. The molecule has 0 saturated carbocycles. The second kappa shape index (κ2) is 10.5. The predicted molar refractivity (Wildman–Crippen MR) is 139 cm³/mol. The van der Waals surface area contributed by atoms with Crippen molar-refractivity contribution in [3.63, 3.8) is 0 Å². The number of aliphatic hydroxyl groups is 1. The van der Waals surface area contributed by atoms with E-state index < -0.39 is 23.7 Å². The SMILES string of the molecule is C=CCOC(=O)c1sc(N2C(=O)C(=O)C(=C(O)c3cccc(OC)c3)C2c2cccc(Br)c2)nc1C. The number of methoxy groups -OCH3 is 1. The van der Waals surface area contributed by atoms with E-state index in [0.717, 1.165) is 15.8 Å². The summed E-state index contributed by atoms with van der Waals surface area (Å²) in [6.07, 6.45) is 1.44. The molecule has 0 aliphatic carbocycles. The van der Waals surface area contributed by atoms with Gasteiger partial charge >= 0.3 is 11.9 Å². The van der Waals surface area contributed by atoms with Crippen LogP contribution in [0.15, 0.2) is 71.2 Å². The molecule has 1 aliphatic rings. The fraction of sp³-hybridized carbons (Fsp3) is 0.154. The molecule has 184 valence electrons. The second-order valence-corrected chi connectivity index (χ2v) is 9.65. The number of ketones is 1. The molecule has 1 unspecified atom stereocenters. The van der Waals surface area contributed by atoms with Crippen LogP contribution in [0.4, 0.5) is 5.13 Å². The molecule has 4 rings (SSSR count). The summed E-state index contributed by atoms with van der Waals surface area (Å²) in [5.74, 6) is -2.22. The molecule has 36 heavy (non-hydrogen) atoms. The molecule has 10 heteroatoms. The topological polar surface area (TPSA) is 106 Å². The van der Waals surface area contributed by atoms with Crippen molar-refractivity contribution in [3.05, 3.63) is 92.9 Å². The Labute approximate surface area is 219 Å². The van der Waals surface area contributed by atoms with Crippen LogP contribution in [0.1, 0.15) is 32.5 Å². The number of aryl methyl sites for hydroxylation is 1. The van der Waals surface area contributed by atoms with Gasteiger partial charge in [0, 0.05) is 10.0 Å². The molecule has 3 aromatic rings. The summed E-state index contributed by atoms with van der Waals surface area (Å²) in [5.41, 5.74) is 1.13. The predicted octanol–water partition coefficient (Wildman–Crippen LogP) is 5.19. The zero-order valence-electron chi connectivity index (χ0n) is 19.4. The van der Waals surface area contributed by atoms with Gasteiger partial charge in [0.25, 0.3) is 5.78 Å². The van der Waals surface area contributed by atoms with Gasteiger partial charge < -0.3 is 14.6 Å². The number of esters is 1. The van der Waals surface area contributed by atoms with Gasteiger partial charge in [-0.3, -0.25) is 14.5 Å². The average molecular weight is 569 g/mol. The summed E-state index contributed by atoms with van der Waals surface area (Å²) in [6.45, 7) is 5.17. The third-order valence-corrected chi connectivity index (χ3v) is 7.09. The highest BCUT2D eigenvalue weighted by Gasteiger charge is 2.48. The van der Waals surface area contributed by atoms with E-state index in [1.54, 1.807) is 55.5 Å². The van der Waals surface area contributed by atoms with Crippen LogP contribution in [-0.2, 0) is 14.3 Å². The zero-order chi connectivity index (χ0) is 26.0. The Kier molecular flexibility index (Phi) is 7.37. The van der Waals surface area contributed by atoms with Crippen LogP contribution in [0.3, 0.4) is 0 Å². The number of hydrogen-bond acceptors (Lipinski definition) is 8. The van der Waals surface area contributed by atoms with Gasteiger partial charge in [-0.1, -0.05) is 64.2 Å². The largest absolute Gasteiger partial charge is 0.507 e. The van der Waals surface area contributed by atoms with Crippen molar-refractivity contribution in [3.8, 4) is 5.75 Å². The number of nitrogens with zero attached hydrogens (tertiary/aromatic N) is 2. The van der Waals surface area contributed by atoms with Crippen LogP contribution >= 0.6 is 27.3 Å². The molecule has 1 amide bonds. The van der Waals surface area contributed by atoms with Crippen molar-refractivity contribution < 1.29 is 29.0 Å². The molecule has 0 radical (unpaired) electrons. The van der Waals surface area contributed by atoms with Gasteiger partial charge in [0.1, 0.15) is 23.0 Å². The van der Waals surface area contributed by atoms with E-state index in [9.17, 15) is 19.5 Å². The molecule has 0 bridgehead atoms. The first-order valence-corrected chi connectivity index (χ1v) is 12.3. The number of anilines is 1. The minimum Gasteiger partial charge on any atom is -0.507 e. The van der Waals surface area contributed by atoms with E-state index in [1.807, 2.05) is 0 Å². The Morgan fingerprint density at radius 2 is 2.00 bits per heavy atom. The Hall–Kier alpha value is -3.76. The number of amides is 1. The Bertz CT molecular complexity index is 1410. The lowest BCUT2D eigenvalue weighted by molar-refractivity contribution is -0.132. The Balaban J connectivity index is 1.90. The summed E-state index contributed by atoms with van der Waals surface area (Å²) >= 11 is 4.37. The van der Waals surface area contributed by atoms with Crippen molar-refractivity contribution in [2.45, 2.75) is 13.0 Å². The first-order valence-electron chi connectivity index (χ1n) is 10.7. The Morgan fingerprint density at radius 3 is 2.69 bits per heavy atom. The Morgan fingerprint density at radius 1 is 1.25 bits per heavy atom. The van der Waals surface area contributed by atoms with E-state index in [4.69, 9.17) is 9.47 Å². The average Bonchev–Trinajstić information content (AvgIpc) is 3.38. The lowest BCUT2D eigenvalue weighted by atomic mass is 9.95. The quantitative estimate of drug-likeness (QED) is 0.137. The van der Waals surface area contributed by atoms with Crippen molar-refractivity contribution in [2.24, 2.45) is 0 Å². The summed E-state index contributed by atoms with van der Waals surface area (Å²) in [4.78, 5) is 44.9. The van der Waals surface area contributed by atoms with Gasteiger partial charge in [0.05, 0.1) is 24.4 Å². The summed E-state index contributed by atoms with van der Waals surface area (Å²) in [5, 5.41) is 11.4. The molecule has 2 aromatic carbocycles. The zero-order valence-corrected chi connectivity index (χ0v) is 21.8. The fourth-order valence-corrected chi connectivity index (χ4v) is 5.23. The van der Waals surface area contributed by atoms with Crippen LogP contribution < -0.4 is 9.64 Å². The van der Waals surface area contributed by atoms with Crippen molar-refractivity contribution in [2.75, 3.05) is 18.6 Å². The van der Waals surface area contributed by atoms with Crippen molar-refractivity contribution >= 4 is 55.8 Å². The smallest absolute Gasteiger partial charge is 0.350 e. The van der Waals surface area contributed by atoms with Gasteiger partial charge in [0.15, 0.2) is 5.13 Å². The number of Topliss-reactive ketones (excluding diaryl/α,β-unsaturated/α-hetero) is 1. The van der Waals surface area contributed by atoms with Crippen LogP contribution in [0, 0.1) is 6.92 Å². The lowest BCUT2D eigenvalue weighted by Gasteiger charge is -2.23. The van der Waals surface area contributed by atoms with Gasteiger partial charge in [-0.25, -0.2) is 9.78 Å². The monoisotopic (exact) mass is 568 g/mol. The highest BCUT2D eigenvalue weighted by molar-refractivity contribution is 9.10. The molecule has 1 atom stereocenters. The van der Waals surface area contributed by atoms with Crippen LogP contribution in [0.25, 0.3) is 5.76 Å². The van der Waals surface area contributed by atoms with E-state index in [1.165, 1.54) is 18.1 Å². The number of thiazole rings is 1. The van der Waals surface area contributed by atoms with E-state index in [-0.39, 0.29) is 27.9 Å². The number of aromatic nitrogens is 1. The molecular weight excluding hydrogens is 548 g/mol. The van der Waals surface area contributed by atoms with Crippen LogP contribution in [-0.4, -0.2) is 41.5 Å². The van der Waals surface area contributed by atoms with Crippen molar-refractivity contribution in [1.82, 2.24) is 4.98 Å². The second-order valence-electron chi connectivity index (χ2n) is 7.75. The van der Waals surface area contributed by atoms with Crippen LogP contribution in [0.5, 0.6) is 5.75 Å². The highest BCUT2D eigenvalue weighted by atomic mass is 79.9. The number of benzene rings is 2. The van der Waals surface area contributed by atoms with Crippen molar-refractivity contribution in [1.29, 1.82) is 0 Å². The number of hydrogen-bond donors (Lipinski definition) is 1. The first kappa shape index (κ1) is 25.3. The maximum Gasteiger partial charge on any atom is 0.350 e. The van der Waals surface area contributed by atoms with E-state index >= 15 is 0 Å². The minimum atomic E-state index is -0.990. The van der Waals surface area contributed by atoms with E-state index in [2.05, 4.69) is 27.5 Å².